The maximum Gasteiger partial charge on any atom is 0.138 e. The summed E-state index contributed by atoms with van der Waals surface area (Å²) in [6, 6.07) is 37.6. The average molecular weight is 387 g/mol. The first-order valence-electron chi connectivity index (χ1n) is 10.0. The van der Waals surface area contributed by atoms with Crippen LogP contribution < -0.4 is 0 Å². The van der Waals surface area contributed by atoms with Gasteiger partial charge in [-0.1, -0.05) is 97.1 Å². The van der Waals surface area contributed by atoms with E-state index in [4.69, 9.17) is 5.10 Å². The lowest BCUT2D eigenvalue weighted by atomic mass is 9.77. The molecule has 3 aromatic carbocycles. The molecular weight excluding hydrogens is 366 g/mol. The highest BCUT2D eigenvalue weighted by Crippen LogP contribution is 2.40. The van der Waals surface area contributed by atoms with Crippen LogP contribution in [0.2, 0.25) is 0 Å². The molecule has 0 aliphatic rings. The average Bonchev–Trinajstić information content (AvgIpc) is 3.33. The quantitative estimate of drug-likeness (QED) is 0.358. The summed E-state index contributed by atoms with van der Waals surface area (Å²) >= 11 is 0. The highest BCUT2D eigenvalue weighted by molar-refractivity contribution is 5.58. The van der Waals surface area contributed by atoms with Crippen molar-refractivity contribution in [2.75, 3.05) is 0 Å². The second kappa shape index (κ2) is 7.80. The largest absolute Gasteiger partial charge is 0.256 e. The lowest BCUT2D eigenvalue weighted by Crippen LogP contribution is -2.38. The summed E-state index contributed by atoms with van der Waals surface area (Å²) in [6.45, 7) is 0. The van der Waals surface area contributed by atoms with E-state index >= 15 is 0 Å². The van der Waals surface area contributed by atoms with Gasteiger partial charge in [0.25, 0.3) is 0 Å². The number of aromatic nitrogens is 3. The molecule has 0 atom stereocenters. The van der Waals surface area contributed by atoms with Crippen LogP contribution in [0.1, 0.15) is 16.7 Å². The fraction of sp³-hybridized carbons (Fsp3) is 0.0370. The Labute approximate surface area is 176 Å². The molecule has 0 radical (unpaired) electrons. The second-order valence-corrected chi connectivity index (χ2v) is 7.20. The maximum atomic E-state index is 4.87. The number of nitrogens with zero attached hydrogens (tertiary/aromatic N) is 3. The molecule has 0 fully saturated rings. The van der Waals surface area contributed by atoms with E-state index in [1.165, 1.54) is 0 Å². The van der Waals surface area contributed by atoms with Crippen LogP contribution in [0, 0.1) is 0 Å². The van der Waals surface area contributed by atoms with E-state index in [0.29, 0.717) is 0 Å². The summed E-state index contributed by atoms with van der Waals surface area (Å²) in [6.07, 6.45) is 5.80. The Morgan fingerprint density at radius 1 is 0.567 bits per heavy atom. The van der Waals surface area contributed by atoms with Gasteiger partial charge < -0.3 is 0 Å². The molecule has 0 N–H and O–H groups in total. The molecule has 0 amide bonds. The van der Waals surface area contributed by atoms with Gasteiger partial charge in [-0.15, -0.1) is 0 Å². The molecule has 5 rings (SSSR count). The summed E-state index contributed by atoms with van der Waals surface area (Å²) in [5.41, 5.74) is 4.75. The molecule has 30 heavy (non-hydrogen) atoms. The summed E-state index contributed by atoms with van der Waals surface area (Å²) in [5, 5.41) is 4.87. The van der Waals surface area contributed by atoms with Gasteiger partial charge in [0.05, 0.1) is 11.9 Å². The van der Waals surface area contributed by atoms with Crippen LogP contribution in [0.15, 0.2) is 128 Å². The van der Waals surface area contributed by atoms with Crippen molar-refractivity contribution in [2.24, 2.45) is 0 Å². The zero-order valence-corrected chi connectivity index (χ0v) is 16.5. The molecule has 0 bridgehead atoms. The molecule has 3 heteroatoms. The molecule has 2 heterocycles. The lowest BCUT2D eigenvalue weighted by molar-refractivity contribution is 0.460. The van der Waals surface area contributed by atoms with Crippen molar-refractivity contribution in [3.8, 4) is 11.3 Å². The molecule has 144 valence electrons. The van der Waals surface area contributed by atoms with Crippen molar-refractivity contribution in [1.29, 1.82) is 0 Å². The van der Waals surface area contributed by atoms with E-state index in [2.05, 4.69) is 88.7 Å². The van der Waals surface area contributed by atoms with Gasteiger partial charge in [-0.25, -0.2) is 0 Å². The van der Waals surface area contributed by atoms with Crippen LogP contribution in [0.5, 0.6) is 0 Å². The van der Waals surface area contributed by atoms with E-state index < -0.39 is 5.54 Å². The zero-order valence-electron chi connectivity index (χ0n) is 16.5. The standard InChI is InChI=1S/C27H21N3/c1-4-12-23(13-5-1)27(24-14-6-2-7-15-24,25-16-8-3-9-17-25)30-21-22(20-29-30)26-18-10-11-19-28-26/h1-21H. The SMILES string of the molecule is c1ccc(C(c2ccccc2)(c2ccccc2)n2cc(-c3ccccn3)cn2)cc1. The first-order chi connectivity index (χ1) is 14.9. The third-order valence-electron chi connectivity index (χ3n) is 5.46. The van der Waals surface area contributed by atoms with Crippen molar-refractivity contribution in [2.45, 2.75) is 5.54 Å². The Kier molecular flexibility index (Phi) is 4.70. The summed E-state index contributed by atoms with van der Waals surface area (Å²) in [5.74, 6) is 0. The minimum Gasteiger partial charge on any atom is -0.256 e. The number of pyridine rings is 1. The van der Waals surface area contributed by atoms with Crippen molar-refractivity contribution in [3.05, 3.63) is 144 Å². The van der Waals surface area contributed by atoms with Crippen molar-refractivity contribution < 1.29 is 0 Å². The van der Waals surface area contributed by atoms with Gasteiger partial charge in [-0.3, -0.25) is 9.67 Å². The van der Waals surface area contributed by atoms with Gasteiger partial charge >= 0.3 is 0 Å². The lowest BCUT2D eigenvalue weighted by Gasteiger charge is -2.36. The van der Waals surface area contributed by atoms with E-state index in [1.807, 2.05) is 48.8 Å². The number of benzene rings is 3. The van der Waals surface area contributed by atoms with Crippen LogP contribution in [-0.4, -0.2) is 14.8 Å². The Hall–Kier alpha value is -3.98. The molecule has 3 nitrogen and oxygen atoms in total. The summed E-state index contributed by atoms with van der Waals surface area (Å²) < 4.78 is 2.07. The third-order valence-corrected chi connectivity index (χ3v) is 5.46. The van der Waals surface area contributed by atoms with Gasteiger partial charge in [0.1, 0.15) is 5.54 Å². The first kappa shape index (κ1) is 18.1. The summed E-state index contributed by atoms with van der Waals surface area (Å²) in [4.78, 5) is 4.51. The van der Waals surface area contributed by atoms with Crippen molar-refractivity contribution in [1.82, 2.24) is 14.8 Å². The van der Waals surface area contributed by atoms with E-state index in [-0.39, 0.29) is 0 Å². The Balaban J connectivity index is 1.82. The Bertz CT molecular complexity index is 1120. The summed E-state index contributed by atoms with van der Waals surface area (Å²) in [7, 11) is 0. The van der Waals surface area contributed by atoms with Gasteiger partial charge in [0.2, 0.25) is 0 Å². The monoisotopic (exact) mass is 387 g/mol. The van der Waals surface area contributed by atoms with Crippen LogP contribution in [-0.2, 0) is 5.54 Å². The van der Waals surface area contributed by atoms with Crippen molar-refractivity contribution >= 4 is 0 Å². The fourth-order valence-electron chi connectivity index (χ4n) is 4.11. The Morgan fingerprint density at radius 2 is 1.07 bits per heavy atom. The normalized spacial score (nSPS) is 11.3. The second-order valence-electron chi connectivity index (χ2n) is 7.20. The maximum absolute atomic E-state index is 4.87. The highest BCUT2D eigenvalue weighted by Gasteiger charge is 2.39. The van der Waals surface area contributed by atoms with Crippen LogP contribution in [0.25, 0.3) is 11.3 Å². The molecule has 0 aliphatic carbocycles. The Morgan fingerprint density at radius 3 is 1.53 bits per heavy atom. The smallest absolute Gasteiger partial charge is 0.138 e. The molecular formula is C27H21N3. The fourth-order valence-corrected chi connectivity index (χ4v) is 4.11. The van der Waals surface area contributed by atoms with Gasteiger partial charge in [0.15, 0.2) is 0 Å². The molecule has 5 aromatic rings. The molecule has 0 spiro atoms. The predicted molar refractivity (Wildman–Crippen MR) is 120 cm³/mol. The molecule has 0 aliphatic heterocycles. The van der Waals surface area contributed by atoms with E-state index in [1.54, 1.807) is 0 Å². The van der Waals surface area contributed by atoms with Gasteiger partial charge in [0, 0.05) is 18.0 Å². The third kappa shape index (κ3) is 3.01. The number of hydrogen-bond donors (Lipinski definition) is 0. The minimum absolute atomic E-state index is 0.600. The van der Waals surface area contributed by atoms with Crippen LogP contribution in [0.3, 0.4) is 0 Å². The van der Waals surface area contributed by atoms with E-state index in [0.717, 1.165) is 27.9 Å². The molecule has 2 aromatic heterocycles. The van der Waals surface area contributed by atoms with Crippen LogP contribution >= 0.6 is 0 Å². The zero-order chi connectivity index (χ0) is 20.2. The molecule has 0 saturated carbocycles. The van der Waals surface area contributed by atoms with Crippen LogP contribution in [0.4, 0.5) is 0 Å². The minimum atomic E-state index is -0.600. The van der Waals surface area contributed by atoms with Gasteiger partial charge in [-0.2, -0.15) is 5.10 Å². The van der Waals surface area contributed by atoms with Crippen molar-refractivity contribution in [3.63, 3.8) is 0 Å². The molecule has 0 unspecified atom stereocenters. The molecule has 0 saturated heterocycles. The number of rotatable bonds is 5. The highest BCUT2D eigenvalue weighted by atomic mass is 15.3. The predicted octanol–water partition coefficient (Wildman–Crippen LogP) is 5.79. The van der Waals surface area contributed by atoms with E-state index in [9.17, 15) is 0 Å². The first-order valence-corrected chi connectivity index (χ1v) is 10.0. The topological polar surface area (TPSA) is 30.7 Å². The number of hydrogen-bond acceptors (Lipinski definition) is 2. The van der Waals surface area contributed by atoms with Gasteiger partial charge in [-0.05, 0) is 28.8 Å².